The molecule has 23 heavy (non-hydrogen) atoms. The Morgan fingerprint density at radius 3 is 2.39 bits per heavy atom. The molecular formula is C16H23BrN2O3S. The van der Waals surface area contributed by atoms with E-state index >= 15 is 0 Å². The minimum Gasteiger partial charge on any atom is -0.352 e. The predicted octanol–water partition coefficient (Wildman–Crippen LogP) is 3.05. The first-order chi connectivity index (χ1) is 10.9. The van der Waals surface area contributed by atoms with Crippen molar-refractivity contribution in [3.63, 3.8) is 0 Å². The highest BCUT2D eigenvalue weighted by Crippen LogP contribution is 2.27. The van der Waals surface area contributed by atoms with Crippen LogP contribution in [0.4, 0.5) is 5.69 Å². The molecule has 1 fully saturated rings. The number of rotatable bonds is 5. The molecule has 0 spiro atoms. The fraction of sp³-hybridized carbons (Fsp3) is 0.562. The Balaban J connectivity index is 2.09. The number of sulfonamides is 1. The maximum Gasteiger partial charge on any atom is 0.240 e. The molecule has 0 radical (unpaired) electrons. The van der Waals surface area contributed by atoms with Crippen LogP contribution in [-0.4, -0.2) is 33.2 Å². The summed E-state index contributed by atoms with van der Waals surface area (Å²) in [6.45, 7) is -0.196. The van der Waals surface area contributed by atoms with E-state index in [1.165, 1.54) is 12.8 Å². The average Bonchev–Trinajstić information content (AvgIpc) is 2.73. The summed E-state index contributed by atoms with van der Waals surface area (Å²) in [6.07, 6.45) is 7.71. The van der Waals surface area contributed by atoms with Gasteiger partial charge in [0.05, 0.1) is 11.9 Å². The van der Waals surface area contributed by atoms with Crippen LogP contribution in [-0.2, 0) is 14.8 Å². The van der Waals surface area contributed by atoms with Crippen LogP contribution in [0.3, 0.4) is 0 Å². The van der Waals surface area contributed by atoms with Gasteiger partial charge in [-0.15, -0.1) is 0 Å². The van der Waals surface area contributed by atoms with Crippen molar-refractivity contribution in [3.05, 3.63) is 28.7 Å². The van der Waals surface area contributed by atoms with Crippen LogP contribution in [0.1, 0.15) is 38.5 Å². The van der Waals surface area contributed by atoms with Crippen molar-refractivity contribution in [3.8, 4) is 0 Å². The van der Waals surface area contributed by atoms with Gasteiger partial charge in [-0.05, 0) is 40.9 Å². The molecule has 1 aromatic rings. The van der Waals surface area contributed by atoms with Crippen molar-refractivity contribution < 1.29 is 13.2 Å². The third kappa shape index (κ3) is 5.49. The third-order valence-electron chi connectivity index (χ3n) is 4.03. The molecule has 128 valence electrons. The Kier molecular flexibility index (Phi) is 6.47. The molecule has 7 heteroatoms. The standard InChI is InChI=1S/C16H23BrN2O3S/c1-23(21,22)19(15-11-7-6-10-14(15)17)12-16(20)18-13-8-4-2-3-5-9-13/h6-7,10-11,13H,2-5,8-9,12H2,1H3,(H,18,20). The molecule has 2 rings (SSSR count). The fourth-order valence-corrected chi connectivity index (χ4v) is 4.35. The maximum absolute atomic E-state index is 12.3. The second-order valence-corrected chi connectivity index (χ2v) is 8.74. The predicted molar refractivity (Wildman–Crippen MR) is 96.0 cm³/mol. The summed E-state index contributed by atoms with van der Waals surface area (Å²) in [5.41, 5.74) is 0.478. The summed E-state index contributed by atoms with van der Waals surface area (Å²) < 4.78 is 26.0. The zero-order chi connectivity index (χ0) is 16.9. The number of amides is 1. The SMILES string of the molecule is CS(=O)(=O)N(CC(=O)NC1CCCCCC1)c1ccccc1Br. The van der Waals surface area contributed by atoms with E-state index in [0.29, 0.717) is 10.2 Å². The van der Waals surface area contributed by atoms with Crippen LogP contribution in [0.2, 0.25) is 0 Å². The molecule has 1 N–H and O–H groups in total. The molecule has 0 atom stereocenters. The van der Waals surface area contributed by atoms with Crippen molar-refractivity contribution in [2.24, 2.45) is 0 Å². The molecule has 0 heterocycles. The van der Waals surface area contributed by atoms with Crippen molar-refractivity contribution in [2.45, 2.75) is 44.6 Å². The van der Waals surface area contributed by atoms with Gasteiger partial charge < -0.3 is 5.32 Å². The number of anilines is 1. The summed E-state index contributed by atoms with van der Waals surface area (Å²) >= 11 is 3.35. The lowest BCUT2D eigenvalue weighted by Crippen LogP contribution is -2.44. The van der Waals surface area contributed by atoms with Crippen molar-refractivity contribution in [1.82, 2.24) is 5.32 Å². The van der Waals surface area contributed by atoms with Gasteiger partial charge in [-0.3, -0.25) is 9.10 Å². The van der Waals surface area contributed by atoms with E-state index in [-0.39, 0.29) is 18.5 Å². The van der Waals surface area contributed by atoms with Gasteiger partial charge in [-0.2, -0.15) is 0 Å². The lowest BCUT2D eigenvalue weighted by atomic mass is 10.1. The number of carbonyl (C=O) groups excluding carboxylic acids is 1. The summed E-state index contributed by atoms with van der Waals surface area (Å²) in [6, 6.07) is 7.16. The Morgan fingerprint density at radius 1 is 1.22 bits per heavy atom. The van der Waals surface area contributed by atoms with E-state index in [0.717, 1.165) is 36.2 Å². The molecule has 0 bridgehead atoms. The highest BCUT2D eigenvalue weighted by Gasteiger charge is 2.24. The van der Waals surface area contributed by atoms with E-state index in [1.54, 1.807) is 24.3 Å². The Morgan fingerprint density at radius 2 is 1.83 bits per heavy atom. The molecule has 0 aliphatic heterocycles. The van der Waals surface area contributed by atoms with Crippen LogP contribution in [0.25, 0.3) is 0 Å². The average molecular weight is 403 g/mol. The van der Waals surface area contributed by atoms with Gasteiger partial charge in [0.25, 0.3) is 0 Å². The molecule has 1 aliphatic rings. The first kappa shape index (κ1) is 18.3. The molecular weight excluding hydrogens is 380 g/mol. The molecule has 5 nitrogen and oxygen atoms in total. The van der Waals surface area contributed by atoms with Crippen LogP contribution in [0.15, 0.2) is 28.7 Å². The monoisotopic (exact) mass is 402 g/mol. The van der Waals surface area contributed by atoms with Crippen molar-refractivity contribution in [1.29, 1.82) is 0 Å². The first-order valence-electron chi connectivity index (χ1n) is 7.89. The van der Waals surface area contributed by atoms with Crippen LogP contribution in [0.5, 0.6) is 0 Å². The number of nitrogens with zero attached hydrogens (tertiary/aromatic N) is 1. The number of carbonyl (C=O) groups is 1. The number of nitrogens with one attached hydrogen (secondary N) is 1. The molecule has 0 unspecified atom stereocenters. The highest BCUT2D eigenvalue weighted by atomic mass is 79.9. The number of halogens is 1. The largest absolute Gasteiger partial charge is 0.352 e. The molecule has 0 saturated heterocycles. The second-order valence-electron chi connectivity index (χ2n) is 5.98. The zero-order valence-corrected chi connectivity index (χ0v) is 15.7. The van der Waals surface area contributed by atoms with Gasteiger partial charge in [-0.25, -0.2) is 8.42 Å². The topological polar surface area (TPSA) is 66.5 Å². The summed E-state index contributed by atoms with van der Waals surface area (Å²) in [4.78, 5) is 12.3. The van der Waals surface area contributed by atoms with Gasteiger partial charge in [0.2, 0.25) is 15.9 Å². The fourth-order valence-electron chi connectivity index (χ4n) is 2.86. The van der Waals surface area contributed by atoms with Crippen LogP contribution >= 0.6 is 15.9 Å². The Bertz CT molecular complexity index is 640. The molecule has 1 saturated carbocycles. The van der Waals surface area contributed by atoms with E-state index in [4.69, 9.17) is 0 Å². The molecule has 1 aromatic carbocycles. The van der Waals surface area contributed by atoms with Crippen LogP contribution in [0, 0.1) is 0 Å². The van der Waals surface area contributed by atoms with Gasteiger partial charge in [0.1, 0.15) is 6.54 Å². The Hall–Kier alpha value is -1.08. The number of hydrogen-bond acceptors (Lipinski definition) is 3. The zero-order valence-electron chi connectivity index (χ0n) is 13.3. The first-order valence-corrected chi connectivity index (χ1v) is 10.5. The van der Waals surface area contributed by atoms with Gasteiger partial charge in [0.15, 0.2) is 0 Å². The minimum atomic E-state index is -3.54. The van der Waals surface area contributed by atoms with Gasteiger partial charge in [0, 0.05) is 10.5 Å². The van der Waals surface area contributed by atoms with Crippen molar-refractivity contribution >= 4 is 37.5 Å². The quantitative estimate of drug-likeness (QED) is 0.769. The summed E-state index contributed by atoms with van der Waals surface area (Å²) in [5, 5.41) is 2.99. The minimum absolute atomic E-state index is 0.158. The lowest BCUT2D eigenvalue weighted by Gasteiger charge is -2.24. The summed E-state index contributed by atoms with van der Waals surface area (Å²) in [7, 11) is -3.54. The highest BCUT2D eigenvalue weighted by molar-refractivity contribution is 9.10. The third-order valence-corrected chi connectivity index (χ3v) is 5.83. The number of para-hydroxylation sites is 1. The van der Waals surface area contributed by atoms with E-state index in [9.17, 15) is 13.2 Å². The van der Waals surface area contributed by atoms with E-state index in [2.05, 4.69) is 21.2 Å². The lowest BCUT2D eigenvalue weighted by molar-refractivity contribution is -0.120. The molecule has 0 aromatic heterocycles. The van der Waals surface area contributed by atoms with E-state index < -0.39 is 10.0 Å². The number of hydrogen-bond donors (Lipinski definition) is 1. The molecule has 1 amide bonds. The van der Waals surface area contributed by atoms with Gasteiger partial charge in [-0.1, -0.05) is 37.8 Å². The second kappa shape index (κ2) is 8.15. The summed E-state index contributed by atoms with van der Waals surface area (Å²) in [5.74, 6) is -0.252. The van der Waals surface area contributed by atoms with Crippen LogP contribution < -0.4 is 9.62 Å². The normalized spacial score (nSPS) is 16.6. The smallest absolute Gasteiger partial charge is 0.240 e. The van der Waals surface area contributed by atoms with Crippen molar-refractivity contribution in [2.75, 3.05) is 17.1 Å². The van der Waals surface area contributed by atoms with Gasteiger partial charge >= 0.3 is 0 Å². The Labute approximate surface area is 146 Å². The number of benzene rings is 1. The maximum atomic E-state index is 12.3. The van der Waals surface area contributed by atoms with E-state index in [1.807, 2.05) is 0 Å². The molecule has 1 aliphatic carbocycles.